The topological polar surface area (TPSA) is 29.5 Å². The van der Waals surface area contributed by atoms with Gasteiger partial charge in [-0.05, 0) is 43.4 Å². The third-order valence-electron chi connectivity index (χ3n) is 3.68. The molecule has 0 aliphatic heterocycles. The van der Waals surface area contributed by atoms with Gasteiger partial charge in [0.15, 0.2) is 0 Å². The normalized spacial score (nSPS) is 30.9. The minimum atomic E-state index is -4.56. The van der Waals surface area contributed by atoms with Gasteiger partial charge in [-0.3, -0.25) is 4.74 Å². The second kappa shape index (κ2) is 6.05. The molecule has 2 nitrogen and oxygen atoms in total. The molecule has 1 aliphatic carbocycles. The first-order valence-electron chi connectivity index (χ1n) is 6.18. The average Bonchev–Trinajstić information content (AvgIpc) is 2.18. The van der Waals surface area contributed by atoms with E-state index in [9.17, 15) is 18.3 Å². The van der Waals surface area contributed by atoms with Gasteiger partial charge in [-0.1, -0.05) is 13.8 Å². The van der Waals surface area contributed by atoms with Gasteiger partial charge in [0.1, 0.15) is 0 Å². The van der Waals surface area contributed by atoms with E-state index in [-0.39, 0.29) is 18.9 Å². The average molecular weight is 254 g/mol. The molecule has 0 radical (unpaired) electrons. The summed E-state index contributed by atoms with van der Waals surface area (Å²) in [5, 5.41) is 9.76. The van der Waals surface area contributed by atoms with Gasteiger partial charge in [0, 0.05) is 0 Å². The summed E-state index contributed by atoms with van der Waals surface area (Å²) in [6.07, 6.45) is -2.28. The summed E-state index contributed by atoms with van der Waals surface area (Å²) < 4.78 is 39.2. The largest absolute Gasteiger partial charge is 0.522 e. The van der Waals surface area contributed by atoms with Crippen molar-refractivity contribution in [1.82, 2.24) is 0 Å². The highest BCUT2D eigenvalue weighted by Gasteiger charge is 2.33. The van der Waals surface area contributed by atoms with Crippen LogP contribution in [0.25, 0.3) is 0 Å². The molecule has 1 rings (SSSR count). The molecule has 0 spiro atoms. The molecule has 102 valence electrons. The standard InChI is InChI=1S/C12H21F3O2/c1-8(2)9-3-4-11(16)10(7-9)5-6-17-12(13,14)15/h8-11,16H,3-7H2,1-2H3. The number of rotatable bonds is 4. The van der Waals surface area contributed by atoms with Crippen molar-refractivity contribution < 1.29 is 23.0 Å². The van der Waals surface area contributed by atoms with Crippen molar-refractivity contribution >= 4 is 0 Å². The maximum Gasteiger partial charge on any atom is 0.522 e. The molecule has 0 aromatic carbocycles. The van der Waals surface area contributed by atoms with E-state index in [4.69, 9.17) is 0 Å². The number of hydrogen-bond donors (Lipinski definition) is 1. The van der Waals surface area contributed by atoms with E-state index in [2.05, 4.69) is 18.6 Å². The predicted molar refractivity (Wildman–Crippen MR) is 58.3 cm³/mol. The van der Waals surface area contributed by atoms with Crippen LogP contribution in [-0.2, 0) is 4.74 Å². The Morgan fingerprint density at radius 3 is 2.47 bits per heavy atom. The van der Waals surface area contributed by atoms with Crippen molar-refractivity contribution in [2.45, 2.75) is 52.0 Å². The lowest BCUT2D eigenvalue weighted by Crippen LogP contribution is -2.32. The third kappa shape index (κ3) is 5.25. The van der Waals surface area contributed by atoms with Crippen LogP contribution in [0.4, 0.5) is 13.2 Å². The first-order valence-corrected chi connectivity index (χ1v) is 6.18. The Bertz CT molecular complexity index is 228. The molecule has 17 heavy (non-hydrogen) atoms. The van der Waals surface area contributed by atoms with Crippen LogP contribution in [0.1, 0.15) is 39.5 Å². The molecule has 0 saturated heterocycles. The van der Waals surface area contributed by atoms with Gasteiger partial charge in [0.05, 0.1) is 12.7 Å². The van der Waals surface area contributed by atoms with Crippen molar-refractivity contribution in [3.05, 3.63) is 0 Å². The molecule has 0 bridgehead atoms. The van der Waals surface area contributed by atoms with Crippen LogP contribution in [-0.4, -0.2) is 24.2 Å². The van der Waals surface area contributed by atoms with E-state index in [1.165, 1.54) is 0 Å². The van der Waals surface area contributed by atoms with Gasteiger partial charge in [0.25, 0.3) is 0 Å². The Morgan fingerprint density at radius 2 is 1.94 bits per heavy atom. The fourth-order valence-corrected chi connectivity index (χ4v) is 2.53. The van der Waals surface area contributed by atoms with Gasteiger partial charge < -0.3 is 5.11 Å². The van der Waals surface area contributed by atoms with Gasteiger partial charge >= 0.3 is 6.36 Å². The summed E-state index contributed by atoms with van der Waals surface area (Å²) in [5.41, 5.74) is 0. The predicted octanol–water partition coefficient (Wildman–Crippen LogP) is 3.35. The summed E-state index contributed by atoms with van der Waals surface area (Å²) in [7, 11) is 0. The minimum Gasteiger partial charge on any atom is -0.393 e. The minimum absolute atomic E-state index is 0.0569. The molecule has 0 heterocycles. The fraction of sp³-hybridized carbons (Fsp3) is 1.00. The van der Waals surface area contributed by atoms with Crippen LogP contribution in [0.5, 0.6) is 0 Å². The first-order chi connectivity index (χ1) is 7.79. The number of halogens is 3. The van der Waals surface area contributed by atoms with Crippen molar-refractivity contribution in [2.75, 3.05) is 6.61 Å². The molecule has 1 N–H and O–H groups in total. The van der Waals surface area contributed by atoms with Crippen LogP contribution in [0.3, 0.4) is 0 Å². The summed E-state index contributed by atoms with van der Waals surface area (Å²) >= 11 is 0. The molecule has 3 unspecified atom stereocenters. The zero-order chi connectivity index (χ0) is 13.1. The lowest BCUT2D eigenvalue weighted by Gasteiger charge is -2.35. The summed E-state index contributed by atoms with van der Waals surface area (Å²) in [6.45, 7) is 3.88. The lowest BCUT2D eigenvalue weighted by atomic mass is 9.74. The maximum atomic E-state index is 11.8. The van der Waals surface area contributed by atoms with E-state index in [0.29, 0.717) is 18.3 Å². The lowest BCUT2D eigenvalue weighted by molar-refractivity contribution is -0.325. The summed E-state index contributed by atoms with van der Waals surface area (Å²) in [6, 6.07) is 0. The molecule has 5 heteroatoms. The van der Waals surface area contributed by atoms with E-state index in [1.807, 2.05) is 0 Å². The molecular formula is C12H21F3O2. The molecule has 0 aromatic heterocycles. The summed E-state index contributed by atoms with van der Waals surface area (Å²) in [4.78, 5) is 0. The number of ether oxygens (including phenoxy) is 1. The highest BCUT2D eigenvalue weighted by molar-refractivity contribution is 4.81. The molecule has 0 aromatic rings. The van der Waals surface area contributed by atoms with E-state index in [1.54, 1.807) is 0 Å². The Balaban J connectivity index is 2.35. The van der Waals surface area contributed by atoms with Crippen molar-refractivity contribution in [1.29, 1.82) is 0 Å². The van der Waals surface area contributed by atoms with Crippen LogP contribution in [0.15, 0.2) is 0 Å². The number of alkyl halides is 3. The van der Waals surface area contributed by atoms with Crippen LogP contribution in [0, 0.1) is 17.8 Å². The molecule has 1 fully saturated rings. The molecule has 1 saturated carbocycles. The van der Waals surface area contributed by atoms with E-state index >= 15 is 0 Å². The molecular weight excluding hydrogens is 233 g/mol. The SMILES string of the molecule is CC(C)C1CCC(O)C(CCOC(F)(F)F)C1. The second-order valence-electron chi connectivity index (χ2n) is 5.23. The Kier molecular flexibility index (Phi) is 5.25. The quantitative estimate of drug-likeness (QED) is 0.833. The van der Waals surface area contributed by atoms with Crippen LogP contribution < -0.4 is 0 Å². The smallest absolute Gasteiger partial charge is 0.393 e. The fourth-order valence-electron chi connectivity index (χ4n) is 2.53. The third-order valence-corrected chi connectivity index (χ3v) is 3.68. The summed E-state index contributed by atoms with van der Waals surface area (Å²) in [5.74, 6) is 0.973. The van der Waals surface area contributed by atoms with Crippen molar-refractivity contribution in [3.63, 3.8) is 0 Å². The molecule has 0 amide bonds. The number of aliphatic hydroxyl groups is 1. The number of hydrogen-bond acceptors (Lipinski definition) is 2. The van der Waals surface area contributed by atoms with Crippen molar-refractivity contribution in [3.8, 4) is 0 Å². The Labute approximate surface area is 100 Å². The highest BCUT2D eigenvalue weighted by atomic mass is 19.4. The maximum absolute atomic E-state index is 11.8. The monoisotopic (exact) mass is 254 g/mol. The first kappa shape index (κ1) is 14.8. The molecule has 3 atom stereocenters. The second-order valence-corrected chi connectivity index (χ2v) is 5.23. The van der Waals surface area contributed by atoms with E-state index < -0.39 is 12.5 Å². The Morgan fingerprint density at radius 1 is 1.29 bits per heavy atom. The van der Waals surface area contributed by atoms with Gasteiger partial charge in [-0.25, -0.2) is 0 Å². The van der Waals surface area contributed by atoms with Gasteiger partial charge in [-0.2, -0.15) is 0 Å². The van der Waals surface area contributed by atoms with Crippen LogP contribution in [0.2, 0.25) is 0 Å². The Hall–Kier alpha value is -0.290. The van der Waals surface area contributed by atoms with Crippen molar-refractivity contribution in [2.24, 2.45) is 17.8 Å². The zero-order valence-electron chi connectivity index (χ0n) is 10.3. The highest BCUT2D eigenvalue weighted by Crippen LogP contribution is 2.35. The van der Waals surface area contributed by atoms with E-state index in [0.717, 1.165) is 12.8 Å². The zero-order valence-corrected chi connectivity index (χ0v) is 10.3. The molecule has 1 aliphatic rings. The number of aliphatic hydroxyl groups excluding tert-OH is 1. The van der Waals surface area contributed by atoms with Gasteiger partial charge in [0.2, 0.25) is 0 Å². The van der Waals surface area contributed by atoms with Gasteiger partial charge in [-0.15, -0.1) is 13.2 Å². The van der Waals surface area contributed by atoms with Crippen LogP contribution >= 0.6 is 0 Å².